The molecule has 1 aliphatic rings. The number of amides is 1. The molecule has 3 rings (SSSR count). The van der Waals surface area contributed by atoms with Crippen molar-refractivity contribution in [3.8, 4) is 0 Å². The number of para-hydroxylation sites is 1. The monoisotopic (exact) mass is 290 g/mol. The van der Waals surface area contributed by atoms with Crippen molar-refractivity contribution in [3.63, 3.8) is 0 Å². The molecule has 1 saturated heterocycles. The van der Waals surface area contributed by atoms with Gasteiger partial charge in [0.05, 0.1) is 5.60 Å². The molecule has 0 bridgehead atoms. The predicted molar refractivity (Wildman–Crippen MR) is 82.3 cm³/mol. The highest BCUT2D eigenvalue weighted by Crippen LogP contribution is 2.30. The van der Waals surface area contributed by atoms with Crippen molar-refractivity contribution in [2.24, 2.45) is 0 Å². The minimum Gasteiger partial charge on any atom is -0.376 e. The summed E-state index contributed by atoms with van der Waals surface area (Å²) in [6.07, 6.45) is 0.987. The van der Waals surface area contributed by atoms with Crippen LogP contribution in [0.2, 0.25) is 0 Å². The topological polar surface area (TPSA) is 54.1 Å². The maximum atomic E-state index is 12.2. The molecule has 0 saturated carbocycles. The van der Waals surface area contributed by atoms with E-state index in [9.17, 15) is 4.79 Å². The number of ether oxygens (including phenoxy) is 1. The molecular formula is C15H18N2O2S. The maximum absolute atomic E-state index is 12.2. The Hall–Kier alpha value is -1.46. The standard InChI is InChI=1S/C15H18N2O2S/c1-19-15(6-7-20-10-15)9-16-14(18)13-8-11-4-2-3-5-12(11)17-13/h2-5,8,17H,6-7,9-10H2,1H3,(H,16,18)/t15-/m1/s1. The van der Waals surface area contributed by atoms with Crippen molar-refractivity contribution in [1.82, 2.24) is 10.3 Å². The molecule has 1 aromatic heterocycles. The lowest BCUT2D eigenvalue weighted by Gasteiger charge is -2.26. The third-order valence-electron chi connectivity index (χ3n) is 3.85. The van der Waals surface area contributed by atoms with E-state index in [1.54, 1.807) is 7.11 Å². The summed E-state index contributed by atoms with van der Waals surface area (Å²) in [7, 11) is 1.72. The zero-order chi connectivity index (χ0) is 14.0. The highest BCUT2D eigenvalue weighted by molar-refractivity contribution is 7.99. The van der Waals surface area contributed by atoms with E-state index in [1.807, 2.05) is 42.1 Å². The molecule has 106 valence electrons. The van der Waals surface area contributed by atoms with Gasteiger partial charge in [0.15, 0.2) is 0 Å². The largest absolute Gasteiger partial charge is 0.376 e. The van der Waals surface area contributed by atoms with Crippen molar-refractivity contribution >= 4 is 28.6 Å². The number of methoxy groups -OCH3 is 1. The second-order valence-electron chi connectivity index (χ2n) is 5.14. The number of fused-ring (bicyclic) bond motifs is 1. The van der Waals surface area contributed by atoms with Crippen LogP contribution in [0.4, 0.5) is 0 Å². The first-order valence-corrected chi connectivity index (χ1v) is 7.87. The fraction of sp³-hybridized carbons (Fsp3) is 0.400. The number of benzene rings is 1. The zero-order valence-electron chi connectivity index (χ0n) is 11.4. The van der Waals surface area contributed by atoms with Gasteiger partial charge in [0, 0.05) is 30.3 Å². The second-order valence-corrected chi connectivity index (χ2v) is 6.25. The SMILES string of the molecule is CO[C@@]1(CNC(=O)c2cc3ccccc3[nH]2)CCSC1. The van der Waals surface area contributed by atoms with Gasteiger partial charge in [0.25, 0.3) is 5.91 Å². The minimum absolute atomic E-state index is 0.0745. The number of nitrogens with one attached hydrogen (secondary N) is 2. The van der Waals surface area contributed by atoms with E-state index in [0.29, 0.717) is 12.2 Å². The molecule has 1 fully saturated rings. The Labute approximate surface area is 122 Å². The van der Waals surface area contributed by atoms with Crippen molar-refractivity contribution in [2.45, 2.75) is 12.0 Å². The molecule has 0 aliphatic carbocycles. The molecule has 1 atom stereocenters. The lowest BCUT2D eigenvalue weighted by molar-refractivity contribution is 0.0137. The van der Waals surface area contributed by atoms with E-state index in [2.05, 4.69) is 10.3 Å². The third kappa shape index (κ3) is 2.55. The summed E-state index contributed by atoms with van der Waals surface area (Å²) in [5.41, 5.74) is 1.38. The van der Waals surface area contributed by atoms with Crippen LogP contribution in [-0.2, 0) is 4.74 Å². The number of rotatable bonds is 4. The molecular weight excluding hydrogens is 272 g/mol. The minimum atomic E-state index is -0.202. The molecule has 0 radical (unpaired) electrons. The van der Waals surface area contributed by atoms with Gasteiger partial charge in [-0.3, -0.25) is 4.79 Å². The molecule has 1 aromatic carbocycles. The first-order chi connectivity index (χ1) is 9.72. The molecule has 0 spiro atoms. The molecule has 2 aromatic rings. The Balaban J connectivity index is 1.69. The summed E-state index contributed by atoms with van der Waals surface area (Å²) >= 11 is 1.87. The van der Waals surface area contributed by atoms with Crippen LogP contribution in [0.3, 0.4) is 0 Å². The maximum Gasteiger partial charge on any atom is 0.267 e. The van der Waals surface area contributed by atoms with Crippen molar-refractivity contribution in [1.29, 1.82) is 0 Å². The van der Waals surface area contributed by atoms with Crippen LogP contribution < -0.4 is 5.32 Å². The van der Waals surface area contributed by atoms with Gasteiger partial charge >= 0.3 is 0 Å². The van der Waals surface area contributed by atoms with Gasteiger partial charge in [-0.05, 0) is 24.3 Å². The van der Waals surface area contributed by atoms with Gasteiger partial charge in [-0.25, -0.2) is 0 Å². The summed E-state index contributed by atoms with van der Waals surface area (Å²) in [5.74, 6) is 1.96. The molecule has 4 nitrogen and oxygen atoms in total. The van der Waals surface area contributed by atoms with Gasteiger partial charge in [0.1, 0.15) is 5.69 Å². The number of carbonyl (C=O) groups excluding carboxylic acids is 1. The first kappa shape index (κ1) is 13.5. The number of thioether (sulfide) groups is 1. The van der Waals surface area contributed by atoms with Crippen LogP contribution >= 0.6 is 11.8 Å². The lowest BCUT2D eigenvalue weighted by Crippen LogP contribution is -2.44. The zero-order valence-corrected chi connectivity index (χ0v) is 12.3. The Morgan fingerprint density at radius 2 is 2.35 bits per heavy atom. The quantitative estimate of drug-likeness (QED) is 0.909. The van der Waals surface area contributed by atoms with Gasteiger partial charge < -0.3 is 15.0 Å². The molecule has 2 N–H and O–H groups in total. The Bertz CT molecular complexity index is 584. The Kier molecular flexibility index (Phi) is 3.72. The van der Waals surface area contributed by atoms with Crippen LogP contribution in [0.1, 0.15) is 16.9 Å². The normalized spacial score (nSPS) is 22.2. The molecule has 5 heteroatoms. The smallest absolute Gasteiger partial charge is 0.267 e. The van der Waals surface area contributed by atoms with Crippen molar-refractivity contribution in [3.05, 3.63) is 36.0 Å². The summed E-state index contributed by atoms with van der Waals surface area (Å²) in [5, 5.41) is 4.04. The average molecular weight is 290 g/mol. The average Bonchev–Trinajstić information content (AvgIpc) is 3.12. The number of aromatic nitrogens is 1. The highest BCUT2D eigenvalue weighted by atomic mass is 32.2. The molecule has 20 heavy (non-hydrogen) atoms. The van der Waals surface area contributed by atoms with E-state index in [-0.39, 0.29) is 11.5 Å². The highest BCUT2D eigenvalue weighted by Gasteiger charge is 2.34. The molecule has 0 unspecified atom stereocenters. The lowest BCUT2D eigenvalue weighted by atomic mass is 10.0. The van der Waals surface area contributed by atoms with Crippen LogP contribution in [-0.4, -0.2) is 41.7 Å². The summed E-state index contributed by atoms with van der Waals surface area (Å²) < 4.78 is 5.60. The van der Waals surface area contributed by atoms with E-state index in [0.717, 1.165) is 28.8 Å². The van der Waals surface area contributed by atoms with E-state index >= 15 is 0 Å². The second kappa shape index (κ2) is 5.50. The Morgan fingerprint density at radius 1 is 1.50 bits per heavy atom. The van der Waals surface area contributed by atoms with E-state index in [4.69, 9.17) is 4.74 Å². The predicted octanol–water partition coefficient (Wildman–Crippen LogP) is 2.42. The van der Waals surface area contributed by atoms with Crippen molar-refractivity contribution < 1.29 is 9.53 Å². The van der Waals surface area contributed by atoms with Gasteiger partial charge in [0.2, 0.25) is 0 Å². The van der Waals surface area contributed by atoms with Crippen LogP contribution in [0.15, 0.2) is 30.3 Å². The van der Waals surface area contributed by atoms with Gasteiger partial charge in [-0.15, -0.1) is 0 Å². The van der Waals surface area contributed by atoms with Gasteiger partial charge in [-0.2, -0.15) is 11.8 Å². The Morgan fingerprint density at radius 3 is 3.05 bits per heavy atom. The van der Waals surface area contributed by atoms with E-state index in [1.165, 1.54) is 0 Å². The van der Waals surface area contributed by atoms with Crippen molar-refractivity contribution in [2.75, 3.05) is 25.2 Å². The van der Waals surface area contributed by atoms with Crippen LogP contribution in [0, 0.1) is 0 Å². The van der Waals surface area contributed by atoms with Crippen LogP contribution in [0.5, 0.6) is 0 Å². The number of H-pyrrole nitrogens is 1. The van der Waals surface area contributed by atoms with Crippen LogP contribution in [0.25, 0.3) is 10.9 Å². The molecule has 1 aliphatic heterocycles. The third-order valence-corrected chi connectivity index (χ3v) is 5.07. The van der Waals surface area contributed by atoms with E-state index < -0.39 is 0 Å². The van der Waals surface area contributed by atoms with Gasteiger partial charge in [-0.1, -0.05) is 18.2 Å². The number of hydrogen-bond acceptors (Lipinski definition) is 3. The molecule has 1 amide bonds. The molecule has 2 heterocycles. The summed E-state index contributed by atoms with van der Waals surface area (Å²) in [6, 6.07) is 9.76. The summed E-state index contributed by atoms with van der Waals surface area (Å²) in [6.45, 7) is 0.560. The first-order valence-electron chi connectivity index (χ1n) is 6.71. The number of aromatic amines is 1. The number of hydrogen-bond donors (Lipinski definition) is 2. The summed E-state index contributed by atoms with van der Waals surface area (Å²) in [4.78, 5) is 15.4. The number of carbonyl (C=O) groups is 1. The fourth-order valence-electron chi connectivity index (χ4n) is 2.49. The fourth-order valence-corrected chi connectivity index (χ4v) is 3.89.